The lowest BCUT2D eigenvalue weighted by Gasteiger charge is -2.18. The number of carboxylic acid groups (broad SMARTS) is 1. The Hall–Kier alpha value is -2.32. The number of rotatable bonds is 20. The molecule has 0 unspecified atom stereocenters. The summed E-state index contributed by atoms with van der Waals surface area (Å²) in [6.45, 7) is 13.5. The first kappa shape index (κ1) is 47.7. The molecule has 0 aliphatic heterocycles. The number of aliphatic carboxylic acids is 1. The molecule has 0 spiro atoms. The van der Waals surface area contributed by atoms with Gasteiger partial charge in [-0.1, -0.05) is 159 Å². The third kappa shape index (κ3) is 21.8. The van der Waals surface area contributed by atoms with Crippen LogP contribution < -0.4 is 0 Å². The number of carboxylic acids is 1. The molecule has 1 aliphatic rings. The molecule has 0 heterocycles. The van der Waals surface area contributed by atoms with E-state index >= 15 is 0 Å². The first-order valence-electron chi connectivity index (χ1n) is 19.8. The van der Waals surface area contributed by atoms with Crippen molar-refractivity contribution >= 4 is 37.0 Å². The van der Waals surface area contributed by atoms with Crippen molar-refractivity contribution < 1.29 is 27.9 Å². The quantitative estimate of drug-likeness (QED) is 0.0717. The van der Waals surface area contributed by atoms with Gasteiger partial charge in [-0.15, -0.1) is 0 Å². The second-order valence-electron chi connectivity index (χ2n) is 13.0. The van der Waals surface area contributed by atoms with Gasteiger partial charge in [0.1, 0.15) is 0 Å². The normalized spacial score (nSPS) is 11.7. The van der Waals surface area contributed by atoms with E-state index in [9.17, 15) is 0 Å². The van der Waals surface area contributed by atoms with Crippen molar-refractivity contribution in [1.29, 1.82) is 0 Å². The van der Waals surface area contributed by atoms with Crippen molar-refractivity contribution in [2.24, 2.45) is 0 Å². The van der Waals surface area contributed by atoms with Crippen LogP contribution in [0, 0.1) is 0 Å². The highest BCUT2D eigenvalue weighted by Crippen LogP contribution is 2.33. The maximum Gasteiger partial charge on any atom is 0.577 e. The molecule has 0 aromatic heterocycles. The number of aryl methyl sites for hydroxylation is 2. The topological polar surface area (TPSA) is 65.0 Å². The number of carbonyl (C=O) groups is 1. The standard InChI is InChI=1S/C18H16.C17H36.C6H15O3Si.C2H4O2.FH/c1-3-7-15-13(5-1)9-11-18-16-8-4-2-6-14(16)10-12-17(15)18;1-3-5-7-9-11-13-15-17-16-14-12-10-8-6-4-2;1-4-7-10(8-5-2)9-6-3;1-2(3)4;/h1,3,5,7,9-12H,2,4,6,8H2;3-17H2,1-2H3;4-6H2,1-3H3;1H3,(H,3,4);1H. The molecule has 50 heavy (non-hydrogen) atoms. The third-order valence-corrected chi connectivity index (χ3v) is 10.3. The highest BCUT2D eigenvalue weighted by molar-refractivity contribution is 6.36. The minimum Gasteiger partial charge on any atom is -0.481 e. The Kier molecular flexibility index (Phi) is 31.1. The molecule has 4 rings (SSSR count). The third-order valence-electron chi connectivity index (χ3n) is 8.75. The first-order valence-corrected chi connectivity index (χ1v) is 21.0. The highest BCUT2D eigenvalue weighted by atomic mass is 28.3. The van der Waals surface area contributed by atoms with Crippen LogP contribution in [0.25, 0.3) is 21.5 Å². The van der Waals surface area contributed by atoms with Gasteiger partial charge in [0.15, 0.2) is 0 Å². The van der Waals surface area contributed by atoms with Gasteiger partial charge in [-0.3, -0.25) is 9.50 Å². The first-order chi connectivity index (χ1) is 23.9. The summed E-state index contributed by atoms with van der Waals surface area (Å²) in [6.07, 6.45) is 27.1. The summed E-state index contributed by atoms with van der Waals surface area (Å²) in [4.78, 5) is 9.00. The van der Waals surface area contributed by atoms with Gasteiger partial charge in [0.05, 0.1) is 0 Å². The van der Waals surface area contributed by atoms with E-state index in [4.69, 9.17) is 23.2 Å². The molecule has 7 heteroatoms. The molecule has 0 amide bonds. The minimum absolute atomic E-state index is 0. The fourth-order valence-corrected chi connectivity index (χ4v) is 7.22. The number of benzene rings is 3. The number of hydrogen-bond donors (Lipinski definition) is 1. The van der Waals surface area contributed by atoms with Crippen LogP contribution in [0.4, 0.5) is 4.70 Å². The van der Waals surface area contributed by atoms with Crippen LogP contribution in [0.15, 0.2) is 48.5 Å². The summed E-state index contributed by atoms with van der Waals surface area (Å²) < 4.78 is 15.5. The minimum atomic E-state index is -1.40. The highest BCUT2D eigenvalue weighted by Gasteiger charge is 2.15. The van der Waals surface area contributed by atoms with Gasteiger partial charge >= 0.3 is 9.53 Å². The van der Waals surface area contributed by atoms with E-state index < -0.39 is 15.5 Å². The van der Waals surface area contributed by atoms with E-state index in [-0.39, 0.29) is 4.70 Å². The maximum atomic E-state index is 9.00. The fourth-order valence-electron chi connectivity index (χ4n) is 6.27. The van der Waals surface area contributed by atoms with Crippen molar-refractivity contribution in [3.05, 3.63) is 59.7 Å². The van der Waals surface area contributed by atoms with Gasteiger partial charge in [-0.25, -0.2) is 0 Å². The average molecular weight is 716 g/mol. The van der Waals surface area contributed by atoms with Crippen molar-refractivity contribution in [2.45, 2.75) is 164 Å². The Morgan fingerprint density at radius 2 is 1.00 bits per heavy atom. The number of fused-ring (bicyclic) bond motifs is 5. The summed E-state index contributed by atoms with van der Waals surface area (Å²) in [5.74, 6) is -0.833. The van der Waals surface area contributed by atoms with Crippen LogP contribution in [-0.4, -0.2) is 40.4 Å². The molecule has 1 N–H and O–H groups in total. The molecule has 0 saturated heterocycles. The molecule has 0 saturated carbocycles. The molecule has 0 bridgehead atoms. The fraction of sp³-hybridized carbons (Fsp3) is 0.651. The van der Waals surface area contributed by atoms with Crippen LogP contribution >= 0.6 is 0 Å². The largest absolute Gasteiger partial charge is 0.577 e. The molecule has 285 valence electrons. The molecule has 5 nitrogen and oxygen atoms in total. The number of hydrogen-bond acceptors (Lipinski definition) is 4. The Morgan fingerprint density at radius 3 is 1.46 bits per heavy atom. The van der Waals surface area contributed by atoms with Crippen molar-refractivity contribution in [3.8, 4) is 0 Å². The predicted octanol–water partition coefficient (Wildman–Crippen LogP) is 13.1. The monoisotopic (exact) mass is 716 g/mol. The smallest absolute Gasteiger partial charge is 0.481 e. The van der Waals surface area contributed by atoms with E-state index in [0.29, 0.717) is 19.8 Å². The molecule has 3 aromatic carbocycles. The van der Waals surface area contributed by atoms with Crippen molar-refractivity contribution in [3.63, 3.8) is 0 Å². The van der Waals surface area contributed by atoms with Gasteiger partial charge < -0.3 is 18.4 Å². The second-order valence-corrected chi connectivity index (χ2v) is 14.3. The second kappa shape index (κ2) is 32.6. The molecule has 3 aromatic rings. The van der Waals surface area contributed by atoms with Crippen molar-refractivity contribution in [1.82, 2.24) is 0 Å². The lowest BCUT2D eigenvalue weighted by atomic mass is 9.86. The van der Waals surface area contributed by atoms with E-state index in [1.165, 1.54) is 144 Å². The summed E-state index contributed by atoms with van der Waals surface area (Å²) in [5.41, 5.74) is 3.17. The van der Waals surface area contributed by atoms with E-state index in [2.05, 4.69) is 62.4 Å². The molecular formula is C43H72FO5Si. The summed E-state index contributed by atoms with van der Waals surface area (Å²) in [5, 5.41) is 13.1. The molecule has 1 radical (unpaired) electrons. The Labute approximate surface area is 307 Å². The zero-order valence-electron chi connectivity index (χ0n) is 32.7. The van der Waals surface area contributed by atoms with E-state index in [1.807, 2.05) is 20.8 Å². The Morgan fingerprint density at radius 1 is 0.580 bits per heavy atom. The Bertz CT molecular complexity index is 1200. The van der Waals surface area contributed by atoms with Crippen LogP contribution in [0.5, 0.6) is 0 Å². The van der Waals surface area contributed by atoms with Gasteiger partial charge in [-0.2, -0.15) is 0 Å². The zero-order valence-corrected chi connectivity index (χ0v) is 33.7. The van der Waals surface area contributed by atoms with Crippen LogP contribution in [0.2, 0.25) is 0 Å². The lowest BCUT2D eigenvalue weighted by molar-refractivity contribution is -0.134. The average Bonchev–Trinajstić information content (AvgIpc) is 3.11. The van der Waals surface area contributed by atoms with Crippen LogP contribution in [-0.2, 0) is 30.9 Å². The van der Waals surface area contributed by atoms with Gasteiger partial charge in [0.2, 0.25) is 0 Å². The van der Waals surface area contributed by atoms with E-state index in [1.54, 1.807) is 11.1 Å². The van der Waals surface area contributed by atoms with E-state index in [0.717, 1.165) is 6.92 Å². The summed E-state index contributed by atoms with van der Waals surface area (Å²) >= 11 is 0. The van der Waals surface area contributed by atoms with Gasteiger partial charge in [0, 0.05) is 26.7 Å². The number of unbranched alkanes of at least 4 members (excludes halogenated alkanes) is 14. The lowest BCUT2D eigenvalue weighted by Crippen LogP contribution is -2.27. The Balaban J connectivity index is 0.000000701. The number of halogens is 1. The molecular weight excluding hydrogens is 644 g/mol. The summed E-state index contributed by atoms with van der Waals surface area (Å²) in [7, 11) is -1.40. The van der Waals surface area contributed by atoms with Gasteiger partial charge in [-0.05, 0) is 79.1 Å². The van der Waals surface area contributed by atoms with Gasteiger partial charge in [0.25, 0.3) is 5.97 Å². The molecule has 1 aliphatic carbocycles. The predicted molar refractivity (Wildman–Crippen MR) is 215 cm³/mol. The van der Waals surface area contributed by atoms with Crippen molar-refractivity contribution in [2.75, 3.05) is 19.8 Å². The maximum absolute atomic E-state index is 9.00. The zero-order chi connectivity index (χ0) is 36.0. The van der Waals surface area contributed by atoms with Crippen LogP contribution in [0.3, 0.4) is 0 Å². The SMILES string of the molecule is CC(=O)O.CCCCCCCCCCCCCCCCC.CCO[Si](OCC)OCC.F.c1ccc2c(c1)ccc1c3c(ccc12)CCCC3. The summed E-state index contributed by atoms with van der Waals surface area (Å²) in [6, 6.07) is 18.0. The molecule has 0 atom stereocenters. The van der Waals surface area contributed by atoms with Crippen LogP contribution in [0.1, 0.15) is 162 Å². The molecule has 0 fully saturated rings.